The fourth-order valence-corrected chi connectivity index (χ4v) is 1.17. The Morgan fingerprint density at radius 1 is 1.64 bits per heavy atom. The number of rotatable bonds is 2. The number of carbonyl (C=O) groups is 1. The molecule has 1 aromatic rings. The van der Waals surface area contributed by atoms with Crippen molar-refractivity contribution in [2.75, 3.05) is 5.73 Å². The first-order valence-corrected chi connectivity index (χ1v) is 4.20. The summed E-state index contributed by atoms with van der Waals surface area (Å²) in [6.07, 6.45) is -2.96. The molecular weight excluding hydrogens is 262 g/mol. The van der Waals surface area contributed by atoms with Crippen molar-refractivity contribution in [1.82, 2.24) is 4.98 Å². The maximum atomic E-state index is 12.3. The van der Waals surface area contributed by atoms with Crippen LogP contribution in [0.2, 0.25) is 0 Å². The molecule has 4 nitrogen and oxygen atoms in total. The lowest BCUT2D eigenvalue weighted by atomic mass is 10.2. The van der Waals surface area contributed by atoms with Gasteiger partial charge in [-0.1, -0.05) is 0 Å². The van der Waals surface area contributed by atoms with Crippen molar-refractivity contribution in [3.05, 3.63) is 21.8 Å². The topological polar surface area (TPSA) is 76.2 Å². The van der Waals surface area contributed by atoms with E-state index in [2.05, 4.69) is 20.9 Å². The summed E-state index contributed by atoms with van der Waals surface area (Å²) >= 11 is 2.90. The summed E-state index contributed by atoms with van der Waals surface area (Å²) in [5.41, 5.74) is 3.87. The molecule has 0 bridgehead atoms. The van der Waals surface area contributed by atoms with Gasteiger partial charge in [0, 0.05) is 0 Å². The summed E-state index contributed by atoms with van der Waals surface area (Å²) in [5, 5.41) is 8.59. The molecule has 1 aromatic heterocycles. The zero-order chi connectivity index (χ0) is 10.9. The van der Waals surface area contributed by atoms with Crippen LogP contribution in [-0.2, 0) is 0 Å². The van der Waals surface area contributed by atoms with Crippen molar-refractivity contribution in [1.29, 1.82) is 0 Å². The number of aromatic nitrogens is 1. The molecule has 0 radical (unpaired) electrons. The van der Waals surface area contributed by atoms with E-state index in [0.717, 1.165) is 6.07 Å². The van der Waals surface area contributed by atoms with Crippen molar-refractivity contribution < 1.29 is 18.7 Å². The number of nitrogens with two attached hydrogens (primary N) is 1. The summed E-state index contributed by atoms with van der Waals surface area (Å²) in [6.45, 7) is 0. The van der Waals surface area contributed by atoms with E-state index in [1.807, 2.05) is 0 Å². The standard InChI is InChI=1S/C7H5BrF2N2O2/c8-3-1-2(7(13)14)4(5(9)10)12-6(3)11/h1,5H,(H2,11,12)(H,13,14). The van der Waals surface area contributed by atoms with E-state index in [4.69, 9.17) is 10.8 Å². The molecule has 0 aliphatic heterocycles. The third-order valence-electron chi connectivity index (χ3n) is 1.47. The third-order valence-corrected chi connectivity index (χ3v) is 2.10. The van der Waals surface area contributed by atoms with Crippen molar-refractivity contribution in [2.24, 2.45) is 0 Å². The maximum Gasteiger partial charge on any atom is 0.337 e. The molecule has 0 saturated heterocycles. The van der Waals surface area contributed by atoms with Gasteiger partial charge in [-0.3, -0.25) is 0 Å². The predicted octanol–water partition coefficient (Wildman–Crippen LogP) is 2.06. The van der Waals surface area contributed by atoms with Gasteiger partial charge in [0.25, 0.3) is 6.43 Å². The van der Waals surface area contributed by atoms with E-state index in [9.17, 15) is 13.6 Å². The van der Waals surface area contributed by atoms with Gasteiger partial charge in [-0.05, 0) is 22.0 Å². The van der Waals surface area contributed by atoms with Crippen LogP contribution in [-0.4, -0.2) is 16.1 Å². The number of carboxylic acids is 1. The highest BCUT2D eigenvalue weighted by Crippen LogP contribution is 2.27. The molecule has 1 heterocycles. The summed E-state index contributed by atoms with van der Waals surface area (Å²) in [6, 6.07) is 1.01. The van der Waals surface area contributed by atoms with Crippen LogP contribution in [0.3, 0.4) is 0 Å². The Balaban J connectivity index is 3.39. The molecular formula is C7H5BrF2N2O2. The van der Waals surface area contributed by atoms with Crippen LogP contribution in [0.4, 0.5) is 14.6 Å². The maximum absolute atomic E-state index is 12.3. The second kappa shape index (κ2) is 3.87. The third kappa shape index (κ3) is 1.98. The van der Waals surface area contributed by atoms with Crippen molar-refractivity contribution >= 4 is 27.7 Å². The van der Waals surface area contributed by atoms with Gasteiger partial charge in [0.05, 0.1) is 10.0 Å². The minimum Gasteiger partial charge on any atom is -0.478 e. The highest BCUT2D eigenvalue weighted by molar-refractivity contribution is 9.10. The van der Waals surface area contributed by atoms with Crippen LogP contribution in [0.5, 0.6) is 0 Å². The molecule has 0 amide bonds. The summed E-state index contributed by atoms with van der Waals surface area (Å²) in [5.74, 6) is -1.63. The van der Waals surface area contributed by atoms with Crippen LogP contribution in [0.25, 0.3) is 0 Å². The van der Waals surface area contributed by atoms with Gasteiger partial charge in [-0.25, -0.2) is 18.6 Å². The smallest absolute Gasteiger partial charge is 0.337 e. The molecule has 76 valence electrons. The zero-order valence-corrected chi connectivity index (χ0v) is 8.25. The number of nitrogens with zero attached hydrogens (tertiary/aromatic N) is 1. The van der Waals surface area contributed by atoms with Crippen LogP contribution >= 0.6 is 15.9 Å². The summed E-state index contributed by atoms with van der Waals surface area (Å²) in [4.78, 5) is 13.8. The van der Waals surface area contributed by atoms with Gasteiger partial charge in [0.2, 0.25) is 0 Å². The first-order chi connectivity index (χ1) is 6.43. The largest absolute Gasteiger partial charge is 0.478 e. The van der Waals surface area contributed by atoms with Gasteiger partial charge in [0.15, 0.2) is 0 Å². The number of carboxylic acid groups (broad SMARTS) is 1. The van der Waals surface area contributed by atoms with Crippen LogP contribution in [0.15, 0.2) is 10.5 Å². The SMILES string of the molecule is Nc1nc(C(F)F)c(C(=O)O)cc1Br. The lowest BCUT2D eigenvalue weighted by molar-refractivity contribution is 0.0682. The van der Waals surface area contributed by atoms with Gasteiger partial charge in [-0.2, -0.15) is 0 Å². The van der Waals surface area contributed by atoms with Crippen molar-refractivity contribution in [2.45, 2.75) is 6.43 Å². The molecule has 0 unspecified atom stereocenters. The minimum absolute atomic E-state index is 0.162. The normalized spacial score (nSPS) is 10.6. The van der Waals surface area contributed by atoms with Gasteiger partial charge < -0.3 is 10.8 Å². The molecule has 0 aliphatic rings. The number of hydrogen-bond acceptors (Lipinski definition) is 3. The molecule has 1 rings (SSSR count). The van der Waals surface area contributed by atoms with Crippen LogP contribution in [0, 0.1) is 0 Å². The second-order valence-electron chi connectivity index (χ2n) is 2.39. The second-order valence-corrected chi connectivity index (χ2v) is 3.25. The van der Waals surface area contributed by atoms with Crippen molar-refractivity contribution in [3.8, 4) is 0 Å². The van der Waals surface area contributed by atoms with Gasteiger partial charge >= 0.3 is 5.97 Å². The quantitative estimate of drug-likeness (QED) is 0.859. The average molecular weight is 267 g/mol. The van der Waals surface area contributed by atoms with Gasteiger partial charge in [0.1, 0.15) is 11.5 Å². The molecule has 0 aliphatic carbocycles. The molecule has 0 fully saturated rings. The molecule has 0 aromatic carbocycles. The Morgan fingerprint density at radius 3 is 2.64 bits per heavy atom. The number of nitrogen functional groups attached to an aromatic ring is 1. The highest BCUT2D eigenvalue weighted by atomic mass is 79.9. The Bertz CT molecular complexity index is 384. The Hall–Kier alpha value is -1.24. The lowest BCUT2D eigenvalue weighted by Gasteiger charge is -2.06. The van der Waals surface area contributed by atoms with E-state index in [1.54, 1.807) is 0 Å². The highest BCUT2D eigenvalue weighted by Gasteiger charge is 2.21. The van der Waals surface area contributed by atoms with E-state index in [-0.39, 0.29) is 10.3 Å². The molecule has 7 heteroatoms. The number of pyridine rings is 1. The molecule has 14 heavy (non-hydrogen) atoms. The fraction of sp³-hybridized carbons (Fsp3) is 0.143. The molecule has 0 spiro atoms. The van der Waals surface area contributed by atoms with E-state index in [0.29, 0.717) is 0 Å². The number of anilines is 1. The monoisotopic (exact) mass is 266 g/mol. The first-order valence-electron chi connectivity index (χ1n) is 3.41. The fourth-order valence-electron chi connectivity index (χ4n) is 0.856. The minimum atomic E-state index is -2.96. The molecule has 0 atom stereocenters. The number of alkyl halides is 2. The van der Waals surface area contributed by atoms with Crippen molar-refractivity contribution in [3.63, 3.8) is 0 Å². The summed E-state index contributed by atoms with van der Waals surface area (Å²) < 4.78 is 24.8. The number of hydrogen-bond donors (Lipinski definition) is 2. The van der Waals surface area contributed by atoms with E-state index >= 15 is 0 Å². The molecule has 3 N–H and O–H groups in total. The Labute approximate surface area is 85.9 Å². The van der Waals surface area contributed by atoms with E-state index in [1.165, 1.54) is 0 Å². The Kier molecular flexibility index (Phi) is 3.00. The van der Waals surface area contributed by atoms with Crippen LogP contribution < -0.4 is 5.73 Å². The number of halogens is 3. The first kappa shape index (κ1) is 10.8. The van der Waals surface area contributed by atoms with Gasteiger partial charge in [-0.15, -0.1) is 0 Å². The van der Waals surface area contributed by atoms with E-state index < -0.39 is 23.7 Å². The zero-order valence-electron chi connectivity index (χ0n) is 6.67. The summed E-state index contributed by atoms with van der Waals surface area (Å²) in [7, 11) is 0. The number of aromatic carboxylic acids is 1. The average Bonchev–Trinajstić information content (AvgIpc) is 2.08. The lowest BCUT2D eigenvalue weighted by Crippen LogP contribution is -2.08. The Morgan fingerprint density at radius 2 is 2.21 bits per heavy atom. The van der Waals surface area contributed by atoms with Crippen LogP contribution in [0.1, 0.15) is 22.5 Å². The molecule has 0 saturated carbocycles. The predicted molar refractivity (Wildman–Crippen MR) is 48.3 cm³/mol.